The topological polar surface area (TPSA) is 57.6 Å². The number of hydrogen-bond acceptors (Lipinski definition) is 3. The fourth-order valence-corrected chi connectivity index (χ4v) is 0.619. The number of hydrogen-bond donors (Lipinski definition) is 1. The van der Waals surface area contributed by atoms with Crippen molar-refractivity contribution < 1.29 is 14.5 Å². The molecule has 1 atom stereocenters. The van der Waals surface area contributed by atoms with Crippen LogP contribution in [0.5, 0.6) is 0 Å². The van der Waals surface area contributed by atoms with Crippen molar-refractivity contribution in [2.24, 2.45) is 0 Å². The first-order valence-electron chi connectivity index (χ1n) is 2.63. The summed E-state index contributed by atoms with van der Waals surface area (Å²) in [4.78, 5) is 11.5. The van der Waals surface area contributed by atoms with Crippen LogP contribution in [0.25, 0.3) is 0 Å². The van der Waals surface area contributed by atoms with E-state index in [2.05, 4.69) is 5.75 Å². The van der Waals surface area contributed by atoms with Gasteiger partial charge in [-0.1, -0.05) is 0 Å². The van der Waals surface area contributed by atoms with Crippen molar-refractivity contribution in [3.05, 3.63) is 0 Å². The summed E-state index contributed by atoms with van der Waals surface area (Å²) in [7, 11) is 1.21. The minimum atomic E-state index is -0.960. The molecule has 0 aromatic carbocycles. The normalized spacial score (nSPS) is 12.3. The van der Waals surface area contributed by atoms with Gasteiger partial charge in [0.05, 0.1) is 0 Å². The van der Waals surface area contributed by atoms with Crippen molar-refractivity contribution in [2.45, 2.75) is 13.0 Å². The molecule has 56 valence electrons. The van der Waals surface area contributed by atoms with E-state index in [-0.39, 0.29) is 7.92 Å². The van der Waals surface area contributed by atoms with Gasteiger partial charge in [-0.2, -0.15) is 0 Å². The van der Waals surface area contributed by atoms with Crippen LogP contribution < -0.4 is 0 Å². The summed E-state index contributed by atoms with van der Waals surface area (Å²) in [6.07, 6.45) is 0. The number of carboxylic acid groups (broad SMARTS) is 1. The SMILES string of the molecule is CC(C(=O)O)N(C)C#P=O. The third kappa shape index (κ3) is 2.83. The van der Waals surface area contributed by atoms with Gasteiger partial charge in [0, 0.05) is 0 Å². The van der Waals surface area contributed by atoms with E-state index in [1.807, 2.05) is 0 Å². The third-order valence-corrected chi connectivity index (χ3v) is 1.53. The summed E-state index contributed by atoms with van der Waals surface area (Å²) in [5.74, 6) is 1.34. The van der Waals surface area contributed by atoms with E-state index >= 15 is 0 Å². The van der Waals surface area contributed by atoms with E-state index < -0.39 is 12.0 Å². The Balaban J connectivity index is 4.16. The van der Waals surface area contributed by atoms with Gasteiger partial charge >= 0.3 is 59.0 Å². The summed E-state index contributed by atoms with van der Waals surface area (Å²) >= 11 is 0. The zero-order chi connectivity index (χ0) is 8.15. The summed E-state index contributed by atoms with van der Waals surface area (Å²) in [6, 6.07) is -0.679. The van der Waals surface area contributed by atoms with Gasteiger partial charge in [0.25, 0.3) is 0 Å². The number of rotatable bonds is 2. The fraction of sp³-hybridized carbons (Fsp3) is 0.600. The Morgan fingerprint density at radius 3 is 2.60 bits per heavy atom. The second-order valence-corrected chi connectivity index (χ2v) is 2.20. The van der Waals surface area contributed by atoms with Crippen molar-refractivity contribution in [1.29, 1.82) is 0 Å². The van der Waals surface area contributed by atoms with Crippen molar-refractivity contribution in [3.63, 3.8) is 0 Å². The first-order chi connectivity index (χ1) is 4.59. The van der Waals surface area contributed by atoms with Crippen LogP contribution in [0, 0.1) is 5.75 Å². The maximum absolute atomic E-state index is 10.2. The Kier molecular flexibility index (Phi) is 4.05. The quantitative estimate of drug-likeness (QED) is 0.476. The van der Waals surface area contributed by atoms with Crippen LogP contribution in [-0.2, 0) is 9.36 Å². The van der Waals surface area contributed by atoms with Gasteiger partial charge in [0.15, 0.2) is 0 Å². The predicted molar refractivity (Wildman–Crippen MR) is 36.4 cm³/mol. The van der Waals surface area contributed by atoms with E-state index in [4.69, 9.17) is 5.11 Å². The van der Waals surface area contributed by atoms with Crippen molar-refractivity contribution >= 4 is 13.9 Å². The molecule has 4 nitrogen and oxygen atoms in total. The molecule has 0 heterocycles. The first kappa shape index (κ1) is 9.44. The molecule has 0 aliphatic rings. The van der Waals surface area contributed by atoms with Gasteiger partial charge < -0.3 is 0 Å². The molecule has 0 amide bonds. The average molecular weight is 161 g/mol. The van der Waals surface area contributed by atoms with Gasteiger partial charge in [-0.3, -0.25) is 0 Å². The zero-order valence-electron chi connectivity index (χ0n) is 5.74. The molecular weight excluding hydrogens is 153 g/mol. The average Bonchev–Trinajstić information content (AvgIpc) is 1.87. The molecule has 0 radical (unpaired) electrons. The Labute approximate surface area is 60.0 Å². The van der Waals surface area contributed by atoms with Crippen molar-refractivity contribution in [3.8, 4) is 5.75 Å². The van der Waals surface area contributed by atoms with Gasteiger partial charge in [0.2, 0.25) is 0 Å². The Morgan fingerprint density at radius 2 is 2.30 bits per heavy atom. The van der Waals surface area contributed by atoms with Crippen LogP contribution in [0.4, 0.5) is 0 Å². The maximum atomic E-state index is 10.2. The molecule has 0 fully saturated rings. The fourth-order valence-electron chi connectivity index (χ4n) is 0.317. The molecule has 0 rings (SSSR count). The van der Waals surface area contributed by atoms with E-state index in [9.17, 15) is 9.36 Å². The molecule has 5 heteroatoms. The molecule has 0 aromatic heterocycles. The standard InChI is InChI=1S/C5H8NO3P/c1-4(5(7)8)6(2)3-10-9/h4H,1-2H3,(H,7,8). The molecule has 0 spiro atoms. The first-order valence-corrected chi connectivity index (χ1v) is 3.44. The number of likely N-dealkylation sites (N-methyl/N-ethyl adjacent to an activating group) is 1. The van der Waals surface area contributed by atoms with Gasteiger partial charge in [-0.25, -0.2) is 0 Å². The zero-order valence-corrected chi connectivity index (χ0v) is 6.63. The van der Waals surface area contributed by atoms with E-state index in [0.29, 0.717) is 0 Å². The predicted octanol–water partition coefficient (Wildman–Crippen LogP) is 0.600. The summed E-state index contributed by atoms with van der Waals surface area (Å²) in [5, 5.41) is 8.39. The van der Waals surface area contributed by atoms with Gasteiger partial charge in [-0.05, 0) is 0 Å². The minimum absolute atomic E-state index is 0.298. The van der Waals surface area contributed by atoms with Crippen LogP contribution >= 0.6 is 7.92 Å². The van der Waals surface area contributed by atoms with Gasteiger partial charge in [-0.15, -0.1) is 0 Å². The Hall–Kier alpha value is -0.560. The third-order valence-electron chi connectivity index (χ3n) is 1.14. The molecule has 0 aliphatic heterocycles. The number of aliphatic carboxylic acids is 1. The second-order valence-electron chi connectivity index (χ2n) is 1.82. The van der Waals surface area contributed by atoms with Crippen LogP contribution in [0.3, 0.4) is 0 Å². The Morgan fingerprint density at radius 1 is 1.80 bits per heavy atom. The molecule has 0 aromatic rings. The molecule has 10 heavy (non-hydrogen) atoms. The molecule has 0 saturated carbocycles. The van der Waals surface area contributed by atoms with E-state index in [0.717, 1.165) is 0 Å². The molecule has 1 unspecified atom stereocenters. The van der Waals surface area contributed by atoms with Crippen LogP contribution in [0.2, 0.25) is 0 Å². The Bertz CT molecular complexity index is 220. The van der Waals surface area contributed by atoms with Crippen molar-refractivity contribution in [1.82, 2.24) is 4.90 Å². The number of carboxylic acids is 1. The molecule has 1 N–H and O–H groups in total. The number of nitrogens with zero attached hydrogens (tertiary/aromatic N) is 1. The van der Waals surface area contributed by atoms with Crippen LogP contribution in [0.15, 0.2) is 0 Å². The van der Waals surface area contributed by atoms with Gasteiger partial charge in [0.1, 0.15) is 0 Å². The second kappa shape index (κ2) is 4.29. The van der Waals surface area contributed by atoms with Crippen LogP contribution in [0.1, 0.15) is 6.92 Å². The molecular formula is C5H8NO3P. The summed E-state index contributed by atoms with van der Waals surface area (Å²) in [6.45, 7) is 1.49. The van der Waals surface area contributed by atoms with E-state index in [1.165, 1.54) is 18.9 Å². The number of carbonyl (C=O) groups is 1. The van der Waals surface area contributed by atoms with Crippen LogP contribution in [-0.4, -0.2) is 29.1 Å². The monoisotopic (exact) mass is 161 g/mol. The molecule has 0 saturated heterocycles. The van der Waals surface area contributed by atoms with E-state index in [1.54, 1.807) is 0 Å². The summed E-state index contributed by atoms with van der Waals surface area (Å²) < 4.78 is 9.89. The molecule has 0 aliphatic carbocycles. The summed E-state index contributed by atoms with van der Waals surface area (Å²) in [5.41, 5.74) is 0. The molecule has 0 bridgehead atoms. The van der Waals surface area contributed by atoms with Crippen molar-refractivity contribution in [2.75, 3.05) is 7.05 Å².